The molecule has 2 saturated heterocycles. The number of esters is 2. The molecule has 0 radical (unpaired) electrons. The SMILES string of the molecule is CC(=O)OCc1ccc(O[C@@H]2OC[C@@H](O)[C@H](O)[C@H]2O)c(C(=O)CCCOCCOCCOCCOCCOCC(=O)N[C@@H](CCCCNC(=O)COCCOCCOCCOCCOCCNC(=O)c2cc(COC(C)=O)ccc2O[C@@H]2O[C@H](C(=O)O)[C@@H](O)[C@H](O)[C@H]2O)C(=O)C[C@@H](C)C(=O)NCCOCCOCCON)c1. The fourth-order valence-corrected chi connectivity index (χ4v) is 10.2. The van der Waals surface area contributed by atoms with Gasteiger partial charge in [0.25, 0.3) is 5.91 Å². The number of carbonyl (C=O) groups is 9. The van der Waals surface area contributed by atoms with E-state index in [1.807, 2.05) is 0 Å². The number of aliphatic hydroxyl groups is 6. The van der Waals surface area contributed by atoms with Crippen LogP contribution in [0.15, 0.2) is 36.4 Å². The Hall–Kier alpha value is -7.21. The van der Waals surface area contributed by atoms with Gasteiger partial charge in [-0.2, -0.15) is 0 Å². The molecule has 2 aliphatic heterocycles. The molecule has 2 heterocycles. The molecule has 0 saturated carbocycles. The molecule has 636 valence electrons. The maximum atomic E-state index is 13.6. The summed E-state index contributed by atoms with van der Waals surface area (Å²) in [6.45, 7) is 8.49. The van der Waals surface area contributed by atoms with Crippen molar-refractivity contribution in [1.82, 2.24) is 21.3 Å². The number of benzene rings is 2. The molecule has 40 heteroatoms. The third kappa shape index (κ3) is 41.2. The first-order valence-electron chi connectivity index (χ1n) is 36.9. The minimum atomic E-state index is -1.96. The van der Waals surface area contributed by atoms with E-state index in [1.165, 1.54) is 44.2 Å². The van der Waals surface area contributed by atoms with Gasteiger partial charge in [-0.3, -0.25) is 38.4 Å². The molecule has 2 aromatic rings. The van der Waals surface area contributed by atoms with E-state index < -0.39 is 97.0 Å². The Kier molecular flexibility index (Phi) is 50.8. The fraction of sp³-hybridized carbons (Fsp3) is 0.708. The minimum absolute atomic E-state index is 0.0270. The minimum Gasteiger partial charge on any atom is -0.479 e. The average Bonchev–Trinajstić information content (AvgIpc) is 0.805. The lowest BCUT2D eigenvalue weighted by molar-refractivity contribution is -0.271. The van der Waals surface area contributed by atoms with Crippen molar-refractivity contribution < 1.29 is 169 Å². The van der Waals surface area contributed by atoms with Gasteiger partial charge in [-0.25, -0.2) is 10.7 Å². The highest BCUT2D eigenvalue weighted by atomic mass is 16.7. The average molecular weight is 1610 g/mol. The molecule has 4 amide bonds. The number of carboxylic acids is 1. The zero-order valence-electron chi connectivity index (χ0n) is 63.6. The summed E-state index contributed by atoms with van der Waals surface area (Å²) in [5.41, 5.74) is 0.940. The lowest BCUT2D eigenvalue weighted by atomic mass is 9.96. The number of nitrogens with two attached hydrogens (primary N) is 1. The maximum Gasteiger partial charge on any atom is 0.335 e. The molecule has 0 aliphatic carbocycles. The second-order valence-corrected chi connectivity index (χ2v) is 25.2. The number of ketones is 2. The summed E-state index contributed by atoms with van der Waals surface area (Å²) < 4.78 is 98.0. The molecule has 4 rings (SSSR count). The number of ether oxygens (including phenoxy) is 18. The summed E-state index contributed by atoms with van der Waals surface area (Å²) in [5, 5.41) is 81.2. The third-order valence-corrected chi connectivity index (χ3v) is 16.1. The van der Waals surface area contributed by atoms with Crippen molar-refractivity contribution in [3.63, 3.8) is 0 Å². The number of Topliss-reactive ketones (excluding diaryl/α,β-unsaturated/α-hetero) is 2. The largest absolute Gasteiger partial charge is 0.479 e. The predicted molar refractivity (Wildman–Crippen MR) is 384 cm³/mol. The first kappa shape index (κ1) is 97.2. The number of hydrogen-bond acceptors (Lipinski definition) is 35. The van der Waals surface area contributed by atoms with Crippen LogP contribution in [0.3, 0.4) is 0 Å². The lowest BCUT2D eigenvalue weighted by Crippen LogP contribution is -2.61. The highest BCUT2D eigenvalue weighted by Crippen LogP contribution is 2.30. The topological polar surface area (TPSA) is 545 Å². The van der Waals surface area contributed by atoms with Gasteiger partial charge in [-0.05, 0) is 61.1 Å². The van der Waals surface area contributed by atoms with Gasteiger partial charge in [0, 0.05) is 58.8 Å². The monoisotopic (exact) mass is 1610 g/mol. The molecule has 2 fully saturated rings. The van der Waals surface area contributed by atoms with Gasteiger partial charge in [-0.15, -0.1) is 0 Å². The van der Waals surface area contributed by atoms with E-state index in [4.69, 9.17) is 91.2 Å². The second-order valence-electron chi connectivity index (χ2n) is 25.2. The van der Waals surface area contributed by atoms with Crippen molar-refractivity contribution in [1.29, 1.82) is 0 Å². The molecule has 0 unspecified atom stereocenters. The molecule has 13 N–H and O–H groups in total. The van der Waals surface area contributed by atoms with Crippen molar-refractivity contribution in [2.75, 3.05) is 191 Å². The van der Waals surface area contributed by atoms with Crippen molar-refractivity contribution in [2.45, 2.75) is 134 Å². The quantitative estimate of drug-likeness (QED) is 0.0135. The van der Waals surface area contributed by atoms with Gasteiger partial charge in [0.15, 0.2) is 17.7 Å². The number of nitrogens with one attached hydrogen (secondary N) is 4. The molecule has 40 nitrogen and oxygen atoms in total. The molecule has 0 aromatic heterocycles. The van der Waals surface area contributed by atoms with Crippen molar-refractivity contribution in [2.24, 2.45) is 11.8 Å². The highest BCUT2D eigenvalue weighted by molar-refractivity contribution is 5.99. The molecule has 2 aromatic carbocycles. The zero-order valence-corrected chi connectivity index (χ0v) is 63.6. The van der Waals surface area contributed by atoms with Crippen LogP contribution in [0.5, 0.6) is 11.5 Å². The summed E-state index contributed by atoms with van der Waals surface area (Å²) in [6, 6.07) is 7.71. The Morgan fingerprint density at radius 3 is 1.46 bits per heavy atom. The Labute approximate surface area is 648 Å². The molecular formula is C72H113N5O35. The number of hydrogen-bond donors (Lipinski definition) is 12. The van der Waals surface area contributed by atoms with Crippen molar-refractivity contribution in [3.05, 3.63) is 58.7 Å². The number of aliphatic carboxylic acids is 1. The number of carbonyl (C=O) groups excluding carboxylic acids is 8. The van der Waals surface area contributed by atoms with Crippen LogP contribution in [-0.2, 0) is 127 Å². The Morgan fingerprint density at radius 2 is 0.946 bits per heavy atom. The third-order valence-electron chi connectivity index (χ3n) is 16.1. The lowest BCUT2D eigenvalue weighted by Gasteiger charge is -2.38. The van der Waals surface area contributed by atoms with Gasteiger partial charge in [0.2, 0.25) is 30.3 Å². The number of carboxylic acid groups (broad SMARTS) is 1. The zero-order chi connectivity index (χ0) is 81.7. The van der Waals surface area contributed by atoms with Crippen LogP contribution in [0.25, 0.3) is 0 Å². The van der Waals surface area contributed by atoms with Gasteiger partial charge < -0.3 is 147 Å². The van der Waals surface area contributed by atoms with Crippen LogP contribution in [0.1, 0.15) is 91.1 Å². The van der Waals surface area contributed by atoms with Crippen LogP contribution in [-0.4, -0.2) is 342 Å². The standard InChI is InChI=1S/C72H113N5O35/c1-47(68(90)75-14-17-95-21-24-103-37-38-109-73)39-56(81)54(77-61(84)46-105-36-34-102-32-30-99-27-25-97-22-19-94-16-6-8-55(80)52-40-50(42-106-48(2)78)9-11-58(52)110-71-65(88)62(85)57(82)44-108-71)7-4-5-13-74-60(83)45-104-35-33-101-31-29-100-28-26-98-23-20-96-18-15-76-69(91)53-41-51(43-107-49(3)79)10-12-59(53)111-72-66(89)63(86)64(87)67(112-72)70(92)93/h9-12,40-41,47,54,57,62-67,71-72,82,85-89H,4-8,13-39,42-46,73H2,1-3H3,(H,74,83)(H,75,90)(H,76,91)(H,77,84)(H,92,93)/t47-,54+,57-,62+,63+,64+,65-,66-,67+,71+,72-/m1/s1. The van der Waals surface area contributed by atoms with E-state index in [9.17, 15) is 78.9 Å². The Balaban J connectivity index is 1.02. The van der Waals surface area contributed by atoms with E-state index in [0.717, 1.165) is 0 Å². The maximum absolute atomic E-state index is 13.6. The van der Waals surface area contributed by atoms with Gasteiger partial charge >= 0.3 is 17.9 Å². The molecule has 2 aliphatic rings. The number of aliphatic hydroxyl groups excluding tert-OH is 6. The molecular weight excluding hydrogens is 1490 g/mol. The van der Waals surface area contributed by atoms with E-state index in [1.54, 1.807) is 13.0 Å². The van der Waals surface area contributed by atoms with Gasteiger partial charge in [0.05, 0.1) is 169 Å². The fourth-order valence-electron chi connectivity index (χ4n) is 10.2. The van der Waals surface area contributed by atoms with Crippen molar-refractivity contribution >= 4 is 53.1 Å². The summed E-state index contributed by atoms with van der Waals surface area (Å²) in [7, 11) is 0. The summed E-state index contributed by atoms with van der Waals surface area (Å²) in [6.07, 6.45) is -14.0. The summed E-state index contributed by atoms with van der Waals surface area (Å²) in [4.78, 5) is 117. The smallest absolute Gasteiger partial charge is 0.335 e. The first-order valence-corrected chi connectivity index (χ1v) is 36.9. The van der Waals surface area contributed by atoms with Gasteiger partial charge in [-0.1, -0.05) is 19.1 Å². The second kappa shape index (κ2) is 58.6. The van der Waals surface area contributed by atoms with E-state index in [0.29, 0.717) is 43.6 Å². The van der Waals surface area contributed by atoms with Crippen LogP contribution >= 0.6 is 0 Å². The number of rotatable bonds is 65. The van der Waals surface area contributed by atoms with E-state index in [-0.39, 0.29) is 257 Å². The van der Waals surface area contributed by atoms with Gasteiger partial charge in [0.1, 0.15) is 74.6 Å². The molecule has 112 heavy (non-hydrogen) atoms. The molecule has 0 spiro atoms. The first-order chi connectivity index (χ1) is 54.0. The normalized spacial score (nSPS) is 19.4. The van der Waals surface area contributed by atoms with Crippen LogP contribution in [0.2, 0.25) is 0 Å². The van der Waals surface area contributed by atoms with E-state index >= 15 is 0 Å². The number of amides is 4. The van der Waals surface area contributed by atoms with E-state index in [2.05, 4.69) is 26.1 Å². The van der Waals surface area contributed by atoms with Crippen LogP contribution < -0.4 is 36.6 Å². The summed E-state index contributed by atoms with van der Waals surface area (Å²) in [5.74, 6) is -1.23. The number of unbranched alkanes of at least 4 members (excludes halogenated alkanes) is 1. The predicted octanol–water partition coefficient (Wildman–Crippen LogP) is -3.13. The Bertz CT molecular complexity index is 3050. The van der Waals surface area contributed by atoms with Crippen molar-refractivity contribution in [3.8, 4) is 11.5 Å². The molecule has 11 atom stereocenters. The Morgan fingerprint density at radius 1 is 0.491 bits per heavy atom. The van der Waals surface area contributed by atoms with Crippen LogP contribution in [0.4, 0.5) is 0 Å². The molecule has 0 bridgehead atoms. The highest BCUT2D eigenvalue weighted by Gasteiger charge is 2.48. The summed E-state index contributed by atoms with van der Waals surface area (Å²) >= 11 is 0. The van der Waals surface area contributed by atoms with Crippen LogP contribution in [0, 0.1) is 5.92 Å².